The number of aliphatic hydroxyl groups excluding tert-OH is 1. The van der Waals surface area contributed by atoms with E-state index in [0.717, 1.165) is 0 Å². The third-order valence-electron chi connectivity index (χ3n) is 2.72. The van der Waals surface area contributed by atoms with Crippen LogP contribution >= 0.6 is 0 Å². The van der Waals surface area contributed by atoms with Crippen LogP contribution in [0.25, 0.3) is 0 Å². The largest absolute Gasteiger partial charge is 0.394 e. The van der Waals surface area contributed by atoms with Crippen molar-refractivity contribution >= 4 is 0 Å². The van der Waals surface area contributed by atoms with Gasteiger partial charge in [-0.25, -0.2) is 4.79 Å². The lowest BCUT2D eigenvalue weighted by Crippen LogP contribution is -2.33. The molecule has 2 unspecified atom stereocenters. The molecular weight excluding hydrogens is 224 g/mol. The van der Waals surface area contributed by atoms with Gasteiger partial charge in [0.15, 0.2) is 0 Å². The molecule has 0 aromatic carbocycles. The Morgan fingerprint density at radius 1 is 1.59 bits per heavy atom. The van der Waals surface area contributed by atoms with Crippen LogP contribution in [0.5, 0.6) is 0 Å². The second-order valence-corrected chi connectivity index (χ2v) is 3.83. The summed E-state index contributed by atoms with van der Waals surface area (Å²) in [6.07, 6.45) is 6.98. The van der Waals surface area contributed by atoms with Gasteiger partial charge in [-0.2, -0.15) is 0 Å². The number of nitrogens with one attached hydrogen (secondary N) is 1. The molecule has 90 valence electrons. The van der Waals surface area contributed by atoms with Crippen LogP contribution in [0.4, 0.5) is 0 Å². The van der Waals surface area contributed by atoms with Gasteiger partial charge in [0.2, 0.25) is 0 Å². The third-order valence-corrected chi connectivity index (χ3v) is 2.72. The maximum Gasteiger partial charge on any atom is 0.330 e. The van der Waals surface area contributed by atoms with Crippen LogP contribution in [0.2, 0.25) is 0 Å². The van der Waals surface area contributed by atoms with Gasteiger partial charge >= 0.3 is 5.69 Å². The van der Waals surface area contributed by atoms with Crippen LogP contribution in [0.1, 0.15) is 24.6 Å². The van der Waals surface area contributed by atoms with Gasteiger partial charge in [0.25, 0.3) is 5.56 Å². The maximum absolute atomic E-state index is 11.6. The SMILES string of the molecule is C#Cc1cn(C2CCC(CO)O2)c(=O)[nH]c1=O. The van der Waals surface area contributed by atoms with Crippen LogP contribution in [0.3, 0.4) is 0 Å². The molecule has 0 aliphatic carbocycles. The highest BCUT2D eigenvalue weighted by atomic mass is 16.5. The van der Waals surface area contributed by atoms with Crippen molar-refractivity contribution < 1.29 is 9.84 Å². The summed E-state index contributed by atoms with van der Waals surface area (Å²) in [5, 5.41) is 8.94. The highest BCUT2D eigenvalue weighted by molar-refractivity contribution is 5.26. The van der Waals surface area contributed by atoms with E-state index in [9.17, 15) is 9.59 Å². The number of terminal acetylenes is 1. The smallest absolute Gasteiger partial charge is 0.330 e. The predicted octanol–water partition coefficient (Wildman–Crippen LogP) is -0.812. The molecule has 1 aliphatic rings. The van der Waals surface area contributed by atoms with Crippen LogP contribution in [0, 0.1) is 12.3 Å². The van der Waals surface area contributed by atoms with E-state index in [0.29, 0.717) is 12.8 Å². The Balaban J connectivity index is 2.37. The monoisotopic (exact) mass is 236 g/mol. The molecule has 6 heteroatoms. The quantitative estimate of drug-likeness (QED) is 0.658. The molecule has 17 heavy (non-hydrogen) atoms. The number of hydrogen-bond donors (Lipinski definition) is 2. The summed E-state index contributed by atoms with van der Waals surface area (Å²) < 4.78 is 6.70. The van der Waals surface area contributed by atoms with Gasteiger partial charge in [0.1, 0.15) is 11.8 Å². The molecule has 1 aliphatic heterocycles. The van der Waals surface area contributed by atoms with E-state index in [1.165, 1.54) is 10.8 Å². The van der Waals surface area contributed by atoms with Gasteiger partial charge in [0.05, 0.1) is 12.7 Å². The first-order valence-electron chi connectivity index (χ1n) is 5.24. The van der Waals surface area contributed by atoms with Crippen molar-refractivity contribution in [3.05, 3.63) is 32.6 Å². The van der Waals surface area contributed by atoms with Gasteiger partial charge < -0.3 is 9.84 Å². The minimum Gasteiger partial charge on any atom is -0.394 e. The van der Waals surface area contributed by atoms with Crippen LogP contribution in [0.15, 0.2) is 15.8 Å². The van der Waals surface area contributed by atoms with E-state index in [4.69, 9.17) is 16.3 Å². The van der Waals surface area contributed by atoms with Crippen LogP contribution < -0.4 is 11.2 Å². The molecule has 6 nitrogen and oxygen atoms in total. The molecule has 1 aromatic rings. The number of aromatic nitrogens is 2. The average molecular weight is 236 g/mol. The molecule has 1 fully saturated rings. The molecule has 0 saturated carbocycles. The van der Waals surface area contributed by atoms with Crippen molar-refractivity contribution in [3.63, 3.8) is 0 Å². The van der Waals surface area contributed by atoms with Crippen molar-refractivity contribution in [2.45, 2.75) is 25.2 Å². The molecule has 2 rings (SSSR count). The summed E-state index contributed by atoms with van der Waals surface area (Å²) in [6.45, 7) is -0.0867. The molecule has 1 aromatic heterocycles. The number of ether oxygens (including phenoxy) is 1. The van der Waals surface area contributed by atoms with Crippen molar-refractivity contribution in [3.8, 4) is 12.3 Å². The van der Waals surface area contributed by atoms with Crippen molar-refractivity contribution in [1.82, 2.24) is 9.55 Å². The Kier molecular flexibility index (Phi) is 3.13. The first-order valence-corrected chi connectivity index (χ1v) is 5.24. The lowest BCUT2D eigenvalue weighted by atomic mass is 10.2. The van der Waals surface area contributed by atoms with E-state index in [2.05, 4.69) is 10.9 Å². The summed E-state index contributed by atoms with van der Waals surface area (Å²) in [5.74, 6) is 2.20. The molecule has 0 amide bonds. The molecule has 1 saturated heterocycles. The van der Waals surface area contributed by atoms with E-state index in [-0.39, 0.29) is 18.3 Å². The second-order valence-electron chi connectivity index (χ2n) is 3.83. The summed E-state index contributed by atoms with van der Waals surface area (Å²) in [6, 6.07) is 0. The molecule has 0 radical (unpaired) electrons. The summed E-state index contributed by atoms with van der Waals surface area (Å²) in [5.41, 5.74) is -1.05. The minimum absolute atomic E-state index is 0.0839. The van der Waals surface area contributed by atoms with Crippen molar-refractivity contribution in [1.29, 1.82) is 0 Å². The first kappa shape index (κ1) is 11.6. The Labute approximate surface area is 96.9 Å². The fraction of sp³-hybridized carbons (Fsp3) is 0.455. The van der Waals surface area contributed by atoms with E-state index < -0.39 is 17.5 Å². The van der Waals surface area contributed by atoms with E-state index in [1.54, 1.807) is 0 Å². The third kappa shape index (κ3) is 2.16. The Morgan fingerprint density at radius 3 is 2.94 bits per heavy atom. The number of aromatic amines is 1. The molecule has 2 heterocycles. The first-order chi connectivity index (χ1) is 8.15. The molecular formula is C11H12N2O4. The molecule has 0 bridgehead atoms. The zero-order chi connectivity index (χ0) is 12.4. The second kappa shape index (κ2) is 4.57. The Morgan fingerprint density at radius 2 is 2.35 bits per heavy atom. The van der Waals surface area contributed by atoms with Gasteiger partial charge in [-0.1, -0.05) is 5.92 Å². The summed E-state index contributed by atoms with van der Waals surface area (Å²) >= 11 is 0. The van der Waals surface area contributed by atoms with Crippen molar-refractivity contribution in [2.75, 3.05) is 6.61 Å². The normalized spacial score (nSPS) is 23.5. The Hall–Kier alpha value is -1.84. The Bertz CT molecular complexity index is 566. The van der Waals surface area contributed by atoms with Crippen LogP contribution in [-0.4, -0.2) is 27.4 Å². The minimum atomic E-state index is -0.578. The molecule has 2 N–H and O–H groups in total. The number of hydrogen-bond acceptors (Lipinski definition) is 4. The van der Waals surface area contributed by atoms with E-state index in [1.807, 2.05) is 0 Å². The van der Waals surface area contributed by atoms with Gasteiger partial charge in [0, 0.05) is 6.20 Å². The fourth-order valence-electron chi connectivity index (χ4n) is 1.83. The van der Waals surface area contributed by atoms with Gasteiger partial charge in [-0.05, 0) is 12.8 Å². The summed E-state index contributed by atoms with van der Waals surface area (Å²) in [4.78, 5) is 25.0. The van der Waals surface area contributed by atoms with Crippen LogP contribution in [-0.2, 0) is 4.74 Å². The van der Waals surface area contributed by atoms with E-state index >= 15 is 0 Å². The number of nitrogens with zero attached hydrogens (tertiary/aromatic N) is 1. The number of aliphatic hydroxyl groups is 1. The average Bonchev–Trinajstić information content (AvgIpc) is 2.78. The van der Waals surface area contributed by atoms with Crippen molar-refractivity contribution in [2.24, 2.45) is 0 Å². The number of H-pyrrole nitrogens is 1. The predicted molar refractivity (Wildman–Crippen MR) is 59.5 cm³/mol. The highest BCUT2D eigenvalue weighted by Crippen LogP contribution is 2.26. The fourth-order valence-corrected chi connectivity index (χ4v) is 1.83. The lowest BCUT2D eigenvalue weighted by Gasteiger charge is -2.14. The highest BCUT2D eigenvalue weighted by Gasteiger charge is 2.26. The summed E-state index contributed by atoms with van der Waals surface area (Å²) in [7, 11) is 0. The van der Waals surface area contributed by atoms with Gasteiger partial charge in [-0.15, -0.1) is 6.42 Å². The zero-order valence-electron chi connectivity index (χ0n) is 9.05. The zero-order valence-corrected chi connectivity index (χ0v) is 9.05. The maximum atomic E-state index is 11.6. The van der Waals surface area contributed by atoms with Gasteiger partial charge in [-0.3, -0.25) is 14.3 Å². The standard InChI is InChI=1S/C11H12N2O4/c1-2-7-5-13(11(16)12-10(7)15)9-4-3-8(6-14)17-9/h1,5,8-9,14H,3-4,6H2,(H,12,15,16). The topological polar surface area (TPSA) is 84.3 Å². The number of rotatable bonds is 2. The molecule has 2 atom stereocenters. The molecule has 0 spiro atoms. The lowest BCUT2D eigenvalue weighted by molar-refractivity contribution is -0.0246.